The molecule has 1 aliphatic rings. The highest BCUT2D eigenvalue weighted by atomic mass is 32.1. The minimum atomic E-state index is 0.0871. The van der Waals surface area contributed by atoms with Gasteiger partial charge in [-0.2, -0.15) is 0 Å². The Labute approximate surface area is 129 Å². The molecule has 2 heterocycles. The number of nitrogens with zero attached hydrogens (tertiary/aromatic N) is 2. The van der Waals surface area contributed by atoms with Crippen molar-refractivity contribution in [3.63, 3.8) is 0 Å². The summed E-state index contributed by atoms with van der Waals surface area (Å²) in [7, 11) is 0. The van der Waals surface area contributed by atoms with Crippen LogP contribution in [0.4, 0.5) is 5.69 Å². The van der Waals surface area contributed by atoms with Gasteiger partial charge in [0.15, 0.2) is 0 Å². The van der Waals surface area contributed by atoms with Crippen LogP contribution < -0.4 is 5.73 Å². The molecule has 0 spiro atoms. The van der Waals surface area contributed by atoms with Gasteiger partial charge in [-0.1, -0.05) is 13.3 Å². The molecule has 5 heteroatoms. The van der Waals surface area contributed by atoms with Gasteiger partial charge in [-0.15, -0.1) is 11.3 Å². The maximum absolute atomic E-state index is 12.8. The lowest BCUT2D eigenvalue weighted by molar-refractivity contribution is 0.0746. The third kappa shape index (κ3) is 2.75. The van der Waals surface area contributed by atoms with Crippen molar-refractivity contribution < 1.29 is 4.79 Å². The molecule has 2 aromatic heterocycles. The minimum Gasteiger partial charge on any atom is -0.397 e. The number of thiophene rings is 1. The van der Waals surface area contributed by atoms with Gasteiger partial charge in [0.2, 0.25) is 0 Å². The van der Waals surface area contributed by atoms with E-state index in [9.17, 15) is 4.79 Å². The van der Waals surface area contributed by atoms with Crippen LogP contribution in [-0.4, -0.2) is 28.4 Å². The fourth-order valence-electron chi connectivity index (χ4n) is 2.54. The van der Waals surface area contributed by atoms with Crippen molar-refractivity contribution in [1.29, 1.82) is 0 Å². The second-order valence-corrected chi connectivity index (χ2v) is 6.73. The highest BCUT2D eigenvalue weighted by molar-refractivity contribution is 7.21. The molecule has 4 nitrogen and oxygen atoms in total. The van der Waals surface area contributed by atoms with Gasteiger partial charge in [0, 0.05) is 23.7 Å². The molecule has 1 saturated carbocycles. The third-order valence-electron chi connectivity index (χ3n) is 3.93. The standard InChI is InChI=1S/C16H21N3OS/c1-3-4-9-19(11-6-7-11)16(20)14-13(17)12-8-5-10(2)18-15(12)21-14/h5,8,11H,3-4,6-7,9,17H2,1-2H3. The quantitative estimate of drug-likeness (QED) is 0.918. The Morgan fingerprint density at radius 1 is 1.48 bits per heavy atom. The summed E-state index contributed by atoms with van der Waals surface area (Å²) in [6.07, 6.45) is 4.39. The summed E-state index contributed by atoms with van der Waals surface area (Å²) in [6.45, 7) is 4.94. The van der Waals surface area contributed by atoms with Crippen LogP contribution in [0.5, 0.6) is 0 Å². The molecule has 2 aromatic rings. The van der Waals surface area contributed by atoms with E-state index < -0.39 is 0 Å². The topological polar surface area (TPSA) is 59.2 Å². The number of carbonyl (C=O) groups is 1. The van der Waals surface area contributed by atoms with Crippen LogP contribution >= 0.6 is 11.3 Å². The molecule has 0 radical (unpaired) electrons. The van der Waals surface area contributed by atoms with Crippen molar-refractivity contribution in [2.45, 2.75) is 45.6 Å². The van der Waals surface area contributed by atoms with E-state index in [0.29, 0.717) is 16.6 Å². The molecule has 1 aliphatic carbocycles. The summed E-state index contributed by atoms with van der Waals surface area (Å²) in [6, 6.07) is 4.33. The molecular formula is C16H21N3OS. The normalized spacial score (nSPS) is 14.6. The zero-order chi connectivity index (χ0) is 15.0. The number of anilines is 1. The Hall–Kier alpha value is -1.62. The molecule has 0 bridgehead atoms. The van der Waals surface area contributed by atoms with Crippen LogP contribution in [-0.2, 0) is 0 Å². The molecule has 0 saturated heterocycles. The van der Waals surface area contributed by atoms with Crippen molar-refractivity contribution in [2.75, 3.05) is 12.3 Å². The van der Waals surface area contributed by atoms with E-state index in [1.807, 2.05) is 24.0 Å². The first-order chi connectivity index (χ1) is 10.1. The monoisotopic (exact) mass is 303 g/mol. The van der Waals surface area contributed by atoms with Crippen LogP contribution in [0.1, 0.15) is 48.0 Å². The van der Waals surface area contributed by atoms with Crippen molar-refractivity contribution in [3.8, 4) is 0 Å². The molecular weight excluding hydrogens is 282 g/mol. The Morgan fingerprint density at radius 3 is 2.90 bits per heavy atom. The van der Waals surface area contributed by atoms with Crippen molar-refractivity contribution in [3.05, 3.63) is 22.7 Å². The third-order valence-corrected chi connectivity index (χ3v) is 5.03. The van der Waals surface area contributed by atoms with E-state index in [-0.39, 0.29) is 5.91 Å². The predicted octanol–water partition coefficient (Wildman–Crippen LogP) is 3.59. The smallest absolute Gasteiger partial charge is 0.266 e. The summed E-state index contributed by atoms with van der Waals surface area (Å²) in [5, 5.41) is 0.903. The number of hydrogen-bond acceptors (Lipinski definition) is 4. The Kier molecular flexibility index (Phi) is 3.85. The molecule has 21 heavy (non-hydrogen) atoms. The van der Waals surface area contributed by atoms with Gasteiger partial charge in [-0.25, -0.2) is 4.98 Å². The Balaban J connectivity index is 1.94. The first kappa shape index (κ1) is 14.3. The van der Waals surface area contributed by atoms with E-state index >= 15 is 0 Å². The first-order valence-electron chi connectivity index (χ1n) is 7.58. The maximum atomic E-state index is 12.8. The molecule has 112 valence electrons. The number of nitrogens with two attached hydrogens (primary N) is 1. The van der Waals surface area contributed by atoms with Crippen LogP contribution in [0.3, 0.4) is 0 Å². The van der Waals surface area contributed by atoms with Gasteiger partial charge < -0.3 is 10.6 Å². The van der Waals surface area contributed by atoms with Gasteiger partial charge in [-0.05, 0) is 38.3 Å². The summed E-state index contributed by atoms with van der Waals surface area (Å²) in [5.74, 6) is 0.0871. The first-order valence-corrected chi connectivity index (χ1v) is 8.40. The molecule has 0 aromatic carbocycles. The van der Waals surface area contributed by atoms with Crippen molar-refractivity contribution in [2.24, 2.45) is 0 Å². The molecule has 0 aliphatic heterocycles. The Morgan fingerprint density at radius 2 is 2.24 bits per heavy atom. The number of amides is 1. The van der Waals surface area contributed by atoms with Crippen LogP contribution in [0.25, 0.3) is 10.2 Å². The van der Waals surface area contributed by atoms with E-state index in [2.05, 4.69) is 11.9 Å². The molecule has 2 N–H and O–H groups in total. The van der Waals surface area contributed by atoms with Crippen molar-refractivity contribution in [1.82, 2.24) is 9.88 Å². The second kappa shape index (κ2) is 5.64. The molecule has 1 amide bonds. The van der Waals surface area contributed by atoms with Gasteiger partial charge in [0.05, 0.1) is 5.69 Å². The lowest BCUT2D eigenvalue weighted by Gasteiger charge is -2.21. The zero-order valence-electron chi connectivity index (χ0n) is 12.6. The number of aromatic nitrogens is 1. The van der Waals surface area contributed by atoms with Gasteiger partial charge in [0.1, 0.15) is 9.71 Å². The van der Waals surface area contributed by atoms with E-state index in [4.69, 9.17) is 5.73 Å². The summed E-state index contributed by atoms with van der Waals surface area (Å²) in [4.78, 5) is 20.9. The number of unbranched alkanes of at least 4 members (excludes halogenated alkanes) is 1. The van der Waals surface area contributed by atoms with E-state index in [1.54, 1.807) is 0 Å². The number of rotatable bonds is 5. The average molecular weight is 303 g/mol. The lowest BCUT2D eigenvalue weighted by Crippen LogP contribution is -2.33. The largest absolute Gasteiger partial charge is 0.397 e. The number of hydrogen-bond donors (Lipinski definition) is 1. The van der Waals surface area contributed by atoms with Gasteiger partial charge in [-0.3, -0.25) is 4.79 Å². The predicted molar refractivity (Wildman–Crippen MR) is 87.7 cm³/mol. The maximum Gasteiger partial charge on any atom is 0.266 e. The highest BCUT2D eigenvalue weighted by Gasteiger charge is 2.34. The fourth-order valence-corrected chi connectivity index (χ4v) is 3.64. The number of pyridine rings is 1. The van der Waals surface area contributed by atoms with Gasteiger partial charge in [0.25, 0.3) is 5.91 Å². The molecule has 0 atom stereocenters. The molecule has 1 fully saturated rings. The molecule has 3 rings (SSSR count). The van der Waals surface area contributed by atoms with Gasteiger partial charge >= 0.3 is 0 Å². The van der Waals surface area contributed by atoms with Crippen LogP contribution in [0.2, 0.25) is 0 Å². The number of carbonyl (C=O) groups excluding carboxylic acids is 1. The number of nitrogen functional groups attached to an aromatic ring is 1. The van der Waals surface area contributed by atoms with Crippen molar-refractivity contribution >= 4 is 33.1 Å². The number of fused-ring (bicyclic) bond motifs is 1. The fraction of sp³-hybridized carbons (Fsp3) is 0.500. The summed E-state index contributed by atoms with van der Waals surface area (Å²) in [5.41, 5.74) is 7.74. The summed E-state index contributed by atoms with van der Waals surface area (Å²) >= 11 is 1.43. The van der Waals surface area contributed by atoms with Crippen LogP contribution in [0.15, 0.2) is 12.1 Å². The minimum absolute atomic E-state index is 0.0871. The second-order valence-electron chi connectivity index (χ2n) is 5.73. The average Bonchev–Trinajstić information content (AvgIpc) is 3.24. The zero-order valence-corrected chi connectivity index (χ0v) is 13.4. The van der Waals surface area contributed by atoms with E-state index in [1.165, 1.54) is 11.3 Å². The number of aryl methyl sites for hydroxylation is 1. The highest BCUT2D eigenvalue weighted by Crippen LogP contribution is 2.36. The van der Waals surface area contributed by atoms with E-state index in [0.717, 1.165) is 48.1 Å². The summed E-state index contributed by atoms with van der Waals surface area (Å²) < 4.78 is 0. The lowest BCUT2D eigenvalue weighted by atomic mass is 10.2. The Bertz CT molecular complexity index is 675. The SMILES string of the molecule is CCCCN(C(=O)c1sc2nc(C)ccc2c1N)C1CC1. The molecule has 0 unspecified atom stereocenters. The van der Waals surface area contributed by atoms with Crippen LogP contribution in [0, 0.1) is 6.92 Å².